The van der Waals surface area contributed by atoms with Gasteiger partial charge in [-0.25, -0.2) is 4.79 Å². The molecule has 2 heterocycles. The van der Waals surface area contributed by atoms with Crippen molar-refractivity contribution in [2.24, 2.45) is 11.3 Å². The van der Waals surface area contributed by atoms with Gasteiger partial charge in [-0.15, -0.1) is 0 Å². The molecule has 0 aliphatic carbocycles. The number of β-lactam (4-membered cyclic amide) rings is 1. The van der Waals surface area contributed by atoms with Crippen molar-refractivity contribution in [3.63, 3.8) is 0 Å². The molecular formula is C18H20N2O6. The van der Waals surface area contributed by atoms with Gasteiger partial charge in [-0.1, -0.05) is 20.8 Å². The van der Waals surface area contributed by atoms with E-state index in [-0.39, 0.29) is 29.8 Å². The van der Waals surface area contributed by atoms with Crippen molar-refractivity contribution in [3.8, 4) is 0 Å². The molecule has 0 radical (unpaired) electrons. The van der Waals surface area contributed by atoms with Crippen LogP contribution in [0.15, 0.2) is 35.7 Å². The molecule has 8 nitrogen and oxygen atoms in total. The topological polar surface area (TPSA) is 99.0 Å². The lowest BCUT2D eigenvalue weighted by Gasteiger charge is -2.39. The first kappa shape index (κ1) is 17.9. The average Bonchev–Trinajstić information content (AvgIpc) is 2.96. The summed E-state index contributed by atoms with van der Waals surface area (Å²) in [6.07, 6.45) is -0.460. The Morgan fingerprint density at radius 1 is 1.31 bits per heavy atom. The molecule has 0 spiro atoms. The molecule has 26 heavy (non-hydrogen) atoms. The van der Waals surface area contributed by atoms with Crippen molar-refractivity contribution in [3.05, 3.63) is 51.4 Å². The molecule has 8 heteroatoms. The largest absolute Gasteiger partial charge is 0.471 e. The van der Waals surface area contributed by atoms with Crippen LogP contribution in [0.4, 0.5) is 5.69 Å². The highest BCUT2D eigenvalue weighted by molar-refractivity contribution is 5.99. The van der Waals surface area contributed by atoms with Gasteiger partial charge < -0.3 is 9.47 Å². The molecule has 2 atom stereocenters. The quantitative estimate of drug-likeness (QED) is 0.354. The van der Waals surface area contributed by atoms with Gasteiger partial charge in [0.05, 0.1) is 10.8 Å². The zero-order chi connectivity index (χ0) is 19.2. The second-order valence-electron chi connectivity index (χ2n) is 7.43. The molecule has 0 N–H and O–H groups in total. The fourth-order valence-electron chi connectivity index (χ4n) is 2.94. The van der Waals surface area contributed by atoms with E-state index in [0.29, 0.717) is 11.3 Å². The van der Waals surface area contributed by atoms with Crippen molar-refractivity contribution in [1.82, 2.24) is 4.90 Å². The lowest BCUT2D eigenvalue weighted by atomic mass is 9.92. The Kier molecular flexibility index (Phi) is 4.21. The van der Waals surface area contributed by atoms with Crippen molar-refractivity contribution >= 4 is 17.6 Å². The maximum Gasteiger partial charge on any atom is 0.359 e. The molecule has 0 bridgehead atoms. The van der Waals surface area contributed by atoms with Gasteiger partial charge in [0, 0.05) is 17.5 Å². The summed E-state index contributed by atoms with van der Waals surface area (Å²) in [6, 6.07) is 5.74. The Morgan fingerprint density at radius 3 is 2.46 bits per heavy atom. The van der Waals surface area contributed by atoms with E-state index < -0.39 is 22.5 Å². The number of hydrogen-bond donors (Lipinski definition) is 0. The fraction of sp³-hybridized carbons (Fsp3) is 0.444. The van der Waals surface area contributed by atoms with Crippen LogP contribution >= 0.6 is 0 Å². The van der Waals surface area contributed by atoms with Crippen LogP contribution in [0.3, 0.4) is 0 Å². The number of nitro benzene ring substituents is 1. The number of carbonyl (C=O) groups is 2. The van der Waals surface area contributed by atoms with Gasteiger partial charge in [-0.3, -0.25) is 19.8 Å². The predicted octanol–water partition coefficient (Wildman–Crippen LogP) is 2.73. The van der Waals surface area contributed by atoms with E-state index in [1.807, 2.05) is 20.8 Å². The molecule has 1 fully saturated rings. The zero-order valence-corrected chi connectivity index (χ0v) is 15.0. The van der Waals surface area contributed by atoms with Gasteiger partial charge in [0.25, 0.3) is 5.69 Å². The van der Waals surface area contributed by atoms with Gasteiger partial charge >= 0.3 is 5.97 Å². The van der Waals surface area contributed by atoms with Crippen LogP contribution in [0.5, 0.6) is 0 Å². The van der Waals surface area contributed by atoms with Crippen LogP contribution in [0.2, 0.25) is 0 Å². The van der Waals surface area contributed by atoms with Gasteiger partial charge in [-0.05, 0) is 24.6 Å². The number of carbonyl (C=O) groups excluding carboxylic acids is 2. The summed E-state index contributed by atoms with van der Waals surface area (Å²) in [5, 5.41) is 10.7. The summed E-state index contributed by atoms with van der Waals surface area (Å²) in [4.78, 5) is 36.3. The zero-order valence-electron chi connectivity index (χ0n) is 15.0. The number of amides is 1. The number of ether oxygens (including phenoxy) is 2. The molecule has 1 aromatic rings. The van der Waals surface area contributed by atoms with E-state index in [4.69, 9.17) is 9.47 Å². The molecule has 1 unspecified atom stereocenters. The number of nitrogens with zero attached hydrogens (tertiary/aromatic N) is 2. The van der Waals surface area contributed by atoms with Crippen molar-refractivity contribution in [1.29, 1.82) is 0 Å². The van der Waals surface area contributed by atoms with Crippen LogP contribution in [-0.4, -0.2) is 27.9 Å². The number of rotatable bonds is 4. The maximum absolute atomic E-state index is 12.6. The van der Waals surface area contributed by atoms with Crippen molar-refractivity contribution in [2.45, 2.75) is 40.5 Å². The van der Waals surface area contributed by atoms with Gasteiger partial charge in [-0.2, -0.15) is 0 Å². The third-order valence-electron chi connectivity index (χ3n) is 4.40. The second kappa shape index (κ2) is 6.12. The molecule has 1 aromatic carbocycles. The van der Waals surface area contributed by atoms with E-state index in [0.717, 1.165) is 0 Å². The minimum absolute atomic E-state index is 0.0370. The first-order valence-corrected chi connectivity index (χ1v) is 8.26. The lowest BCUT2D eigenvalue weighted by Crippen LogP contribution is -2.57. The van der Waals surface area contributed by atoms with E-state index in [2.05, 4.69) is 0 Å². The Balaban J connectivity index is 1.76. The van der Waals surface area contributed by atoms with Crippen LogP contribution in [0.25, 0.3) is 0 Å². The number of nitro groups is 1. The Labute approximate surface area is 150 Å². The first-order chi connectivity index (χ1) is 12.1. The molecule has 0 aromatic heterocycles. The third kappa shape index (κ3) is 2.91. The molecule has 0 saturated carbocycles. The second-order valence-corrected chi connectivity index (χ2v) is 7.43. The van der Waals surface area contributed by atoms with Gasteiger partial charge in [0.2, 0.25) is 5.91 Å². The summed E-state index contributed by atoms with van der Waals surface area (Å²) in [6.45, 7) is 7.39. The summed E-state index contributed by atoms with van der Waals surface area (Å²) >= 11 is 0. The van der Waals surface area contributed by atoms with Crippen LogP contribution in [0, 0.1) is 21.4 Å². The number of hydrogen-bond acceptors (Lipinski definition) is 6. The summed E-state index contributed by atoms with van der Waals surface area (Å²) in [5.41, 5.74) is 0.261. The number of esters is 1. The third-order valence-corrected chi connectivity index (χ3v) is 4.40. The molecule has 2 aliphatic rings. The Hall–Kier alpha value is -2.90. The smallest absolute Gasteiger partial charge is 0.359 e. The summed E-state index contributed by atoms with van der Waals surface area (Å²) < 4.78 is 11.2. The molecule has 3 rings (SSSR count). The SMILES string of the molecule is CC1C(=O)N2C(C(=O)OCc3ccc([N+](=O)[O-])cc3)=C(C(C)(C)C)O[C@@H]12. The molecule has 1 saturated heterocycles. The highest BCUT2D eigenvalue weighted by Gasteiger charge is 2.57. The van der Waals surface area contributed by atoms with E-state index in [1.54, 1.807) is 6.92 Å². The standard InChI is InChI=1S/C18H20N2O6/c1-10-15(21)19-13(14(18(2,3)4)26-16(10)19)17(22)25-9-11-5-7-12(8-6-11)20(23)24/h5-8,10,16H,9H2,1-4H3/t10?,16-/m0/s1. The van der Waals surface area contributed by atoms with E-state index in [9.17, 15) is 19.7 Å². The Morgan fingerprint density at radius 2 is 1.92 bits per heavy atom. The normalized spacial score (nSPS) is 21.8. The predicted molar refractivity (Wildman–Crippen MR) is 90.3 cm³/mol. The van der Waals surface area contributed by atoms with Crippen LogP contribution < -0.4 is 0 Å². The molecule has 138 valence electrons. The minimum atomic E-state index is -0.643. The summed E-state index contributed by atoms with van der Waals surface area (Å²) in [5.74, 6) is -0.672. The number of allylic oxidation sites excluding steroid dienone is 1. The highest BCUT2D eigenvalue weighted by atomic mass is 16.6. The minimum Gasteiger partial charge on any atom is -0.471 e. The number of benzene rings is 1. The first-order valence-electron chi connectivity index (χ1n) is 8.26. The fourth-order valence-corrected chi connectivity index (χ4v) is 2.94. The Bertz CT molecular complexity index is 806. The van der Waals surface area contributed by atoms with E-state index in [1.165, 1.54) is 29.2 Å². The summed E-state index contributed by atoms with van der Waals surface area (Å²) in [7, 11) is 0. The van der Waals surface area contributed by atoms with E-state index >= 15 is 0 Å². The van der Waals surface area contributed by atoms with Gasteiger partial charge in [0.1, 0.15) is 12.4 Å². The number of fused-ring (bicyclic) bond motifs is 1. The average molecular weight is 360 g/mol. The lowest BCUT2D eigenvalue weighted by molar-refractivity contribution is -0.384. The van der Waals surface area contributed by atoms with Crippen molar-refractivity contribution in [2.75, 3.05) is 0 Å². The molecular weight excluding hydrogens is 340 g/mol. The molecule has 1 amide bonds. The maximum atomic E-state index is 12.6. The molecule has 2 aliphatic heterocycles. The van der Waals surface area contributed by atoms with Crippen LogP contribution in [-0.2, 0) is 25.7 Å². The van der Waals surface area contributed by atoms with Crippen LogP contribution in [0.1, 0.15) is 33.3 Å². The monoisotopic (exact) mass is 360 g/mol. The van der Waals surface area contributed by atoms with Gasteiger partial charge in [0.15, 0.2) is 11.9 Å². The van der Waals surface area contributed by atoms with Crippen molar-refractivity contribution < 1.29 is 24.0 Å². The number of non-ortho nitro benzene ring substituents is 1. The highest BCUT2D eigenvalue weighted by Crippen LogP contribution is 2.45.